The van der Waals surface area contributed by atoms with Crippen LogP contribution in [0.1, 0.15) is 35.3 Å². The summed E-state index contributed by atoms with van der Waals surface area (Å²) in [4.78, 5) is 19.8. The lowest BCUT2D eigenvalue weighted by Gasteiger charge is -2.25. The molecule has 2 N–H and O–H groups in total. The van der Waals surface area contributed by atoms with Crippen LogP contribution in [0.2, 0.25) is 0 Å². The third-order valence-corrected chi connectivity index (χ3v) is 6.91. The number of H-pyrrole nitrogens is 1. The number of aromatic amines is 1. The van der Waals surface area contributed by atoms with Gasteiger partial charge in [0.15, 0.2) is 0 Å². The average molecular weight is 398 g/mol. The Morgan fingerprint density at radius 2 is 1.86 bits per heavy atom. The van der Waals surface area contributed by atoms with E-state index >= 15 is 0 Å². The number of rotatable bonds is 5. The van der Waals surface area contributed by atoms with Crippen LogP contribution in [0.5, 0.6) is 0 Å². The van der Waals surface area contributed by atoms with Gasteiger partial charge in [-0.25, -0.2) is 8.42 Å². The van der Waals surface area contributed by atoms with Gasteiger partial charge in [0.1, 0.15) is 5.69 Å². The molecule has 28 heavy (non-hydrogen) atoms. The summed E-state index contributed by atoms with van der Waals surface area (Å²) in [6.45, 7) is 1.48. The summed E-state index contributed by atoms with van der Waals surface area (Å²) >= 11 is 0. The number of amides is 1. The molecular formula is C20H22N4O3S. The Morgan fingerprint density at radius 3 is 2.57 bits per heavy atom. The maximum Gasteiger partial charge on any atom is 0.267 e. The molecule has 1 aromatic carbocycles. The molecule has 1 aliphatic heterocycles. The Labute approximate surface area is 163 Å². The minimum Gasteiger partial charge on any atom is -0.350 e. The Hall–Kier alpha value is -2.71. The Morgan fingerprint density at radius 1 is 1.11 bits per heavy atom. The molecule has 1 saturated heterocycles. The Balaban J connectivity index is 1.41. The van der Waals surface area contributed by atoms with Crippen molar-refractivity contribution in [2.24, 2.45) is 0 Å². The second-order valence-corrected chi connectivity index (χ2v) is 8.88. The zero-order valence-corrected chi connectivity index (χ0v) is 16.2. The molecule has 0 spiro atoms. The zero-order valence-electron chi connectivity index (χ0n) is 15.4. The largest absolute Gasteiger partial charge is 0.350 e. The van der Waals surface area contributed by atoms with Crippen molar-refractivity contribution in [3.63, 3.8) is 0 Å². The van der Waals surface area contributed by atoms with Crippen LogP contribution in [-0.2, 0) is 16.6 Å². The van der Waals surface area contributed by atoms with Gasteiger partial charge in [0, 0.05) is 42.9 Å². The minimum absolute atomic E-state index is 0.221. The Bertz CT molecular complexity index is 1050. The van der Waals surface area contributed by atoms with Crippen molar-refractivity contribution in [3.8, 4) is 0 Å². The summed E-state index contributed by atoms with van der Waals surface area (Å²) in [7, 11) is -3.43. The van der Waals surface area contributed by atoms with Crippen molar-refractivity contribution in [2.75, 3.05) is 13.1 Å². The highest BCUT2D eigenvalue weighted by molar-refractivity contribution is 7.89. The standard InChI is InChI=1S/C20H22N4O3S/c25-20(19-12-16-14-21-9-8-18(16)23-19)22-13-15-4-6-17(7-5-15)28(26,27)24-10-2-1-3-11-24/h4-9,12,14,23H,1-3,10-11,13H2,(H,22,25). The van der Waals surface area contributed by atoms with Gasteiger partial charge in [-0.3, -0.25) is 9.78 Å². The van der Waals surface area contributed by atoms with Gasteiger partial charge < -0.3 is 10.3 Å². The number of nitrogens with one attached hydrogen (secondary N) is 2. The summed E-state index contributed by atoms with van der Waals surface area (Å²) in [5.41, 5.74) is 2.16. The van der Waals surface area contributed by atoms with E-state index in [1.54, 1.807) is 47.0 Å². The van der Waals surface area contributed by atoms with E-state index in [1.165, 1.54) is 0 Å². The van der Waals surface area contributed by atoms with Gasteiger partial charge in [0.2, 0.25) is 10.0 Å². The number of benzene rings is 1. The predicted molar refractivity (Wildman–Crippen MR) is 106 cm³/mol. The number of carbonyl (C=O) groups is 1. The monoisotopic (exact) mass is 398 g/mol. The van der Waals surface area contributed by atoms with Crippen LogP contribution in [0.15, 0.2) is 53.7 Å². The molecule has 0 aliphatic carbocycles. The molecule has 146 valence electrons. The van der Waals surface area contributed by atoms with Gasteiger partial charge in [-0.1, -0.05) is 18.6 Å². The third-order valence-electron chi connectivity index (χ3n) is 4.99. The molecule has 1 amide bonds. The highest BCUT2D eigenvalue weighted by Gasteiger charge is 2.25. The van der Waals surface area contributed by atoms with E-state index in [-0.39, 0.29) is 5.91 Å². The first-order chi connectivity index (χ1) is 13.5. The van der Waals surface area contributed by atoms with Crippen LogP contribution in [0, 0.1) is 0 Å². The zero-order chi connectivity index (χ0) is 19.6. The first-order valence-corrected chi connectivity index (χ1v) is 10.8. The van der Waals surface area contributed by atoms with Crippen molar-refractivity contribution >= 4 is 26.8 Å². The number of pyridine rings is 1. The fourth-order valence-corrected chi connectivity index (χ4v) is 4.92. The maximum atomic E-state index is 12.7. The minimum atomic E-state index is -3.43. The number of hydrogen-bond donors (Lipinski definition) is 2. The molecule has 7 nitrogen and oxygen atoms in total. The van der Waals surface area contributed by atoms with Crippen LogP contribution in [0.3, 0.4) is 0 Å². The van der Waals surface area contributed by atoms with Gasteiger partial charge in [0.05, 0.1) is 4.90 Å². The average Bonchev–Trinajstić information content (AvgIpc) is 3.17. The van der Waals surface area contributed by atoms with Crippen molar-refractivity contribution in [1.82, 2.24) is 19.6 Å². The molecule has 8 heteroatoms. The van der Waals surface area contributed by atoms with Gasteiger partial charge in [-0.05, 0) is 42.7 Å². The third kappa shape index (κ3) is 3.79. The molecule has 0 bridgehead atoms. The van der Waals surface area contributed by atoms with Crippen LogP contribution < -0.4 is 5.32 Å². The lowest BCUT2D eigenvalue weighted by molar-refractivity contribution is 0.0946. The first-order valence-electron chi connectivity index (χ1n) is 9.34. The molecule has 0 saturated carbocycles. The molecule has 0 unspecified atom stereocenters. The van der Waals surface area contributed by atoms with Gasteiger partial charge in [0.25, 0.3) is 5.91 Å². The summed E-state index contributed by atoms with van der Waals surface area (Å²) in [5, 5.41) is 3.72. The highest BCUT2D eigenvalue weighted by atomic mass is 32.2. The smallest absolute Gasteiger partial charge is 0.267 e. The van der Waals surface area contributed by atoms with Crippen molar-refractivity contribution in [3.05, 3.63) is 60.0 Å². The fraction of sp³-hybridized carbons (Fsp3) is 0.300. The van der Waals surface area contributed by atoms with Gasteiger partial charge in [-0.2, -0.15) is 4.31 Å². The van der Waals surface area contributed by atoms with Crippen LogP contribution in [-0.4, -0.2) is 41.7 Å². The Kier molecular flexibility index (Phi) is 5.15. The quantitative estimate of drug-likeness (QED) is 0.691. The molecular weight excluding hydrogens is 376 g/mol. The van der Waals surface area contributed by atoms with Gasteiger partial charge >= 0.3 is 0 Å². The fourth-order valence-electron chi connectivity index (χ4n) is 3.41. The summed E-state index contributed by atoms with van der Waals surface area (Å²) in [5.74, 6) is -0.221. The second kappa shape index (κ2) is 7.73. The molecule has 3 heterocycles. The second-order valence-electron chi connectivity index (χ2n) is 6.94. The molecule has 3 aromatic rings. The normalized spacial score (nSPS) is 15.6. The summed E-state index contributed by atoms with van der Waals surface area (Å²) in [6, 6.07) is 10.3. The predicted octanol–water partition coefficient (Wildman–Crippen LogP) is 2.67. The topological polar surface area (TPSA) is 95.2 Å². The van der Waals surface area contributed by atoms with Crippen molar-refractivity contribution < 1.29 is 13.2 Å². The van der Waals surface area contributed by atoms with Crippen molar-refractivity contribution in [1.29, 1.82) is 0 Å². The van der Waals surface area contributed by atoms with E-state index in [4.69, 9.17) is 0 Å². The maximum absolute atomic E-state index is 12.7. The van der Waals surface area contributed by atoms with E-state index in [0.29, 0.717) is 30.2 Å². The summed E-state index contributed by atoms with van der Waals surface area (Å²) < 4.78 is 26.9. The number of aromatic nitrogens is 2. The van der Waals surface area contributed by atoms with E-state index < -0.39 is 10.0 Å². The lowest BCUT2D eigenvalue weighted by atomic mass is 10.2. The molecule has 1 fully saturated rings. The summed E-state index contributed by atoms with van der Waals surface area (Å²) in [6.07, 6.45) is 6.27. The first kappa shape index (κ1) is 18.6. The molecule has 4 rings (SSSR count). The van der Waals surface area contributed by atoms with Crippen LogP contribution >= 0.6 is 0 Å². The lowest BCUT2D eigenvalue weighted by Crippen LogP contribution is -2.35. The number of hydrogen-bond acceptors (Lipinski definition) is 4. The van der Waals surface area contributed by atoms with E-state index in [2.05, 4.69) is 15.3 Å². The van der Waals surface area contributed by atoms with Crippen molar-refractivity contribution in [2.45, 2.75) is 30.7 Å². The molecule has 1 aliphatic rings. The number of nitrogens with zero attached hydrogens (tertiary/aromatic N) is 2. The number of sulfonamides is 1. The van der Waals surface area contributed by atoms with Crippen LogP contribution in [0.25, 0.3) is 10.9 Å². The molecule has 0 radical (unpaired) electrons. The SMILES string of the molecule is O=C(NCc1ccc(S(=O)(=O)N2CCCCC2)cc1)c1cc2cnccc2[nH]1. The number of piperidine rings is 1. The van der Waals surface area contributed by atoms with E-state index in [0.717, 1.165) is 35.7 Å². The van der Waals surface area contributed by atoms with E-state index in [1.807, 2.05) is 6.07 Å². The molecule has 2 aromatic heterocycles. The van der Waals surface area contributed by atoms with E-state index in [9.17, 15) is 13.2 Å². The van der Waals surface area contributed by atoms with Gasteiger partial charge in [-0.15, -0.1) is 0 Å². The number of fused-ring (bicyclic) bond motifs is 1. The van der Waals surface area contributed by atoms with Crippen LogP contribution in [0.4, 0.5) is 0 Å². The molecule has 0 atom stereocenters. The highest BCUT2D eigenvalue weighted by Crippen LogP contribution is 2.21. The number of carbonyl (C=O) groups excluding carboxylic acids is 1.